The minimum absolute atomic E-state index is 0.0907. The smallest absolute Gasteiger partial charge is 0.430 e. The van der Waals surface area contributed by atoms with Crippen molar-refractivity contribution in [1.29, 1.82) is 0 Å². The topological polar surface area (TPSA) is 327 Å². The lowest BCUT2D eigenvalue weighted by atomic mass is 10.0. The molecule has 1 fully saturated rings. The van der Waals surface area contributed by atoms with Crippen molar-refractivity contribution in [2.75, 3.05) is 30.3 Å². The Morgan fingerprint density at radius 2 is 1.65 bits per heavy atom. The van der Waals surface area contributed by atoms with Crippen molar-refractivity contribution in [3.05, 3.63) is 96.0 Å². The normalized spacial score (nSPS) is 19.0. The Bertz CT molecular complexity index is 2820. The van der Waals surface area contributed by atoms with Crippen molar-refractivity contribution in [2.45, 2.75) is 115 Å². The summed E-state index contributed by atoms with van der Waals surface area (Å²) in [5, 5.41) is 20.3. The van der Waals surface area contributed by atoms with E-state index in [-0.39, 0.29) is 81.3 Å². The number of primary amides is 1. The molecule has 23 nitrogen and oxygen atoms in total. The highest BCUT2D eigenvalue weighted by Gasteiger charge is 2.40. The predicted molar refractivity (Wildman–Crippen MR) is 269 cm³/mol. The third-order valence-electron chi connectivity index (χ3n) is 13.3. The van der Waals surface area contributed by atoms with Crippen molar-refractivity contribution < 1.29 is 55.6 Å². The Morgan fingerprint density at radius 1 is 0.892 bits per heavy atom. The van der Waals surface area contributed by atoms with Crippen LogP contribution in [0.2, 0.25) is 0 Å². The molecule has 1 aliphatic heterocycles. The maximum absolute atomic E-state index is 13.7. The maximum atomic E-state index is 13.7. The SMILES string of the molecule is CC(C)[C@@H](NC(=O)CCCCCN1C(=O)C=CC1=O)C(=O)N[C@H](CCCNC(N)=O)C(=O)Nc1ccc(COC(=O)O[C@H]2C[C@H](n3ccc4c(N[C@H]5CCc6ccccc65)ncnc43)C[C@H]2COS(N)(=O)=O)cc1. The molecular formula is C50H63N11O12S. The number of hydrogen-bond donors (Lipinski definition) is 7. The number of nitrogens with two attached hydrogens (primary N) is 2. The molecule has 7 amide bonds. The molecule has 7 rings (SSSR count). The molecule has 6 atom stereocenters. The van der Waals surface area contributed by atoms with Gasteiger partial charge in [-0.05, 0) is 85.8 Å². The summed E-state index contributed by atoms with van der Waals surface area (Å²) in [4.78, 5) is 98.5. The molecule has 3 heterocycles. The Morgan fingerprint density at radius 3 is 2.38 bits per heavy atom. The lowest BCUT2D eigenvalue weighted by Crippen LogP contribution is -2.54. The molecular weight excluding hydrogens is 979 g/mol. The molecule has 0 saturated heterocycles. The Labute approximate surface area is 428 Å². The number of imide groups is 1. The number of nitrogens with one attached hydrogen (secondary N) is 5. The second-order valence-corrected chi connectivity index (χ2v) is 20.1. The predicted octanol–water partition coefficient (Wildman–Crippen LogP) is 3.92. The van der Waals surface area contributed by atoms with E-state index in [2.05, 4.69) is 48.7 Å². The van der Waals surface area contributed by atoms with Crippen LogP contribution in [0, 0.1) is 11.8 Å². The first-order valence-corrected chi connectivity index (χ1v) is 26.1. The van der Waals surface area contributed by atoms with Crippen LogP contribution in [0.4, 0.5) is 21.1 Å². The maximum Gasteiger partial charge on any atom is 0.508 e. The molecule has 0 unspecified atom stereocenters. The first-order chi connectivity index (χ1) is 35.4. The van der Waals surface area contributed by atoms with Crippen molar-refractivity contribution in [2.24, 2.45) is 22.7 Å². The molecule has 24 heteroatoms. The monoisotopic (exact) mass is 1040 g/mol. The molecule has 0 spiro atoms. The molecule has 74 heavy (non-hydrogen) atoms. The van der Waals surface area contributed by atoms with Crippen molar-refractivity contribution in [1.82, 2.24) is 35.4 Å². The third kappa shape index (κ3) is 14.8. The molecule has 1 saturated carbocycles. The molecule has 2 aromatic heterocycles. The highest BCUT2D eigenvalue weighted by Crippen LogP contribution is 2.41. The van der Waals surface area contributed by atoms with Gasteiger partial charge in [0.15, 0.2) is 0 Å². The van der Waals surface area contributed by atoms with E-state index in [1.165, 1.54) is 29.6 Å². The van der Waals surface area contributed by atoms with Gasteiger partial charge in [0.2, 0.25) is 17.7 Å². The first kappa shape index (κ1) is 54.3. The van der Waals surface area contributed by atoms with Crippen molar-refractivity contribution in [3.63, 3.8) is 0 Å². The van der Waals surface area contributed by atoms with Gasteiger partial charge in [-0.25, -0.2) is 24.7 Å². The number of aryl methyl sites for hydroxylation is 1. The summed E-state index contributed by atoms with van der Waals surface area (Å²) in [5.74, 6) is -2.53. The minimum Gasteiger partial charge on any atom is -0.430 e. The quantitative estimate of drug-likeness (QED) is 0.0281. The van der Waals surface area contributed by atoms with Crippen molar-refractivity contribution in [3.8, 4) is 0 Å². The molecule has 9 N–H and O–H groups in total. The van der Waals surface area contributed by atoms with Gasteiger partial charge in [-0.3, -0.25) is 33.1 Å². The molecule has 0 bridgehead atoms. The zero-order valence-corrected chi connectivity index (χ0v) is 42.0. The van der Waals surface area contributed by atoms with Crippen LogP contribution in [-0.2, 0) is 61.0 Å². The van der Waals surface area contributed by atoms with Crippen LogP contribution < -0.4 is 37.5 Å². The third-order valence-corrected chi connectivity index (χ3v) is 13.7. The summed E-state index contributed by atoms with van der Waals surface area (Å²) in [6, 6.07) is 13.6. The Hall–Kier alpha value is -7.44. The second kappa shape index (κ2) is 25.0. The molecule has 2 aromatic carbocycles. The average Bonchev–Trinajstić information content (AvgIpc) is 4.16. The number of unbranched alkanes of at least 4 members (excludes halogenated alkanes) is 2. The summed E-state index contributed by atoms with van der Waals surface area (Å²) >= 11 is 0. The highest BCUT2D eigenvalue weighted by molar-refractivity contribution is 7.84. The molecule has 396 valence electrons. The van der Waals surface area contributed by atoms with Gasteiger partial charge < -0.3 is 46.4 Å². The number of aromatic nitrogens is 3. The number of amides is 7. The summed E-state index contributed by atoms with van der Waals surface area (Å²) in [6.45, 7) is 3.33. The van der Waals surface area contributed by atoms with Crippen LogP contribution in [-0.4, -0.2) is 107 Å². The van der Waals surface area contributed by atoms with E-state index in [0.717, 1.165) is 23.1 Å². The summed E-state index contributed by atoms with van der Waals surface area (Å²) < 4.78 is 41.8. The second-order valence-electron chi connectivity index (χ2n) is 18.9. The number of rotatable bonds is 25. The number of urea groups is 1. The lowest BCUT2D eigenvalue weighted by Gasteiger charge is -2.25. The van der Waals surface area contributed by atoms with Crippen LogP contribution in [0.5, 0.6) is 0 Å². The van der Waals surface area contributed by atoms with E-state index < -0.39 is 58.4 Å². The zero-order chi connectivity index (χ0) is 52.9. The van der Waals surface area contributed by atoms with Gasteiger partial charge >= 0.3 is 22.5 Å². The largest absolute Gasteiger partial charge is 0.508 e. The van der Waals surface area contributed by atoms with Crippen LogP contribution >= 0.6 is 0 Å². The summed E-state index contributed by atoms with van der Waals surface area (Å²) in [5.41, 5.74) is 9.28. The minimum atomic E-state index is -4.30. The number of carbonyl (C=O) groups is 7. The van der Waals surface area contributed by atoms with Crippen molar-refractivity contribution >= 4 is 74.6 Å². The van der Waals surface area contributed by atoms with E-state index in [9.17, 15) is 42.0 Å². The molecule has 4 aromatic rings. The molecule has 0 radical (unpaired) electrons. The van der Waals surface area contributed by atoms with Crippen LogP contribution in [0.25, 0.3) is 11.0 Å². The van der Waals surface area contributed by atoms with Gasteiger partial charge in [0.05, 0.1) is 18.0 Å². The van der Waals surface area contributed by atoms with Crippen LogP contribution in [0.1, 0.15) is 100 Å². The van der Waals surface area contributed by atoms with E-state index in [4.69, 9.17) is 24.5 Å². The van der Waals surface area contributed by atoms with Gasteiger partial charge in [0.1, 0.15) is 42.6 Å². The summed E-state index contributed by atoms with van der Waals surface area (Å²) in [7, 11) is -4.30. The number of ether oxygens (including phenoxy) is 2. The average molecular weight is 1040 g/mol. The van der Waals surface area contributed by atoms with E-state index in [1.807, 2.05) is 29.0 Å². The van der Waals surface area contributed by atoms with Gasteiger partial charge in [0, 0.05) is 61.9 Å². The fraction of sp³-hybridized carbons (Fsp3) is 0.460. The van der Waals surface area contributed by atoms with Gasteiger partial charge in [-0.2, -0.15) is 8.42 Å². The number of anilines is 2. The number of benzene rings is 2. The fourth-order valence-corrected chi connectivity index (χ4v) is 9.83. The van der Waals surface area contributed by atoms with E-state index in [1.54, 1.807) is 38.1 Å². The molecule has 3 aliphatic rings. The van der Waals surface area contributed by atoms with Crippen LogP contribution in [0.3, 0.4) is 0 Å². The lowest BCUT2D eigenvalue weighted by molar-refractivity contribution is -0.137. The zero-order valence-electron chi connectivity index (χ0n) is 41.2. The first-order valence-electron chi connectivity index (χ1n) is 24.6. The van der Waals surface area contributed by atoms with Gasteiger partial charge in [-0.1, -0.05) is 56.7 Å². The standard InChI is InChI=1S/C50H63N11O12S/c1-30(2)44(59-41(62)12-4-3-7-23-61-42(63)19-20-43(61)64)48(66)58-39(11-8-22-53-49(51)67)47(65)56-34-16-13-31(14-17-34)27-71-50(68)73-40-26-35(25-33(40)28-72-74(52,69)70)60-24-21-37-45(54-29-55-46(37)60)57-38-18-15-32-9-5-6-10-36(32)38/h5-6,9-10,13-14,16-17,19-21,24,29-30,33,35,38-40,44H,3-4,7-8,11-12,15,18,22-23,25-28H2,1-2H3,(H,56,65)(H,58,66)(H,59,62)(H3,51,53,67)(H2,52,69,70)(H,54,55,57)/t33-,35+,38-,39+,40-,44+/m0/s1. The number of nitrogens with zero attached hydrogens (tertiary/aromatic N) is 4. The number of carbonyl (C=O) groups excluding carboxylic acids is 7. The number of fused-ring (bicyclic) bond motifs is 2. The number of hydrogen-bond acceptors (Lipinski definition) is 15. The van der Waals surface area contributed by atoms with E-state index in [0.29, 0.717) is 54.8 Å². The van der Waals surface area contributed by atoms with Gasteiger partial charge in [-0.15, -0.1) is 0 Å². The Kier molecular flexibility index (Phi) is 18.4. The highest BCUT2D eigenvalue weighted by atomic mass is 32.2. The fourth-order valence-electron chi connectivity index (χ4n) is 9.47. The van der Waals surface area contributed by atoms with Gasteiger partial charge in [0.25, 0.3) is 11.8 Å². The van der Waals surface area contributed by atoms with Crippen LogP contribution in [0.15, 0.2) is 79.3 Å². The Balaban J connectivity index is 0.914. The van der Waals surface area contributed by atoms with E-state index >= 15 is 0 Å². The summed E-state index contributed by atoms with van der Waals surface area (Å²) in [6.07, 6.45) is 8.55. The molecule has 2 aliphatic carbocycles.